The van der Waals surface area contributed by atoms with Crippen LogP contribution in [0.25, 0.3) is 11.1 Å². The molecule has 1 unspecified atom stereocenters. The molecule has 146 valence electrons. The number of fused-ring (bicyclic) bond motifs is 1. The highest BCUT2D eigenvalue weighted by molar-refractivity contribution is 6.31. The number of nitrogens with two attached hydrogens (primary N) is 1. The molecule has 0 bridgehead atoms. The second-order valence-electron chi connectivity index (χ2n) is 6.96. The van der Waals surface area contributed by atoms with E-state index in [2.05, 4.69) is 10.3 Å². The Hall–Kier alpha value is -3.38. The smallest absolute Gasteiger partial charge is 0.254 e. The first-order valence-electron chi connectivity index (χ1n) is 9.11. The van der Waals surface area contributed by atoms with Gasteiger partial charge in [-0.05, 0) is 41.5 Å². The quantitative estimate of drug-likeness (QED) is 0.698. The molecule has 2 amide bonds. The fraction of sp³-hybridized carbons (Fsp3) is 0.136. The van der Waals surface area contributed by atoms with Crippen molar-refractivity contribution >= 4 is 34.9 Å². The number of amides is 2. The standard InChI is InChI=1S/C22H19ClN4O2/c1-27-19-8-7-16(23)11-17(19)21(28)26-18(22(27)29)10-13-2-4-14(5-3-13)15-6-9-20(24)25-12-15/h2-9,11-12,18H,10H2,1H3,(H2,24,25)(H,26,28). The summed E-state index contributed by atoms with van der Waals surface area (Å²) in [5.41, 5.74) is 9.46. The van der Waals surface area contributed by atoms with E-state index in [0.717, 1.165) is 16.7 Å². The van der Waals surface area contributed by atoms with E-state index in [4.69, 9.17) is 17.3 Å². The molecule has 1 aliphatic heterocycles. The van der Waals surface area contributed by atoms with Crippen LogP contribution < -0.4 is 16.0 Å². The minimum atomic E-state index is -0.664. The number of aromatic nitrogens is 1. The molecule has 2 aromatic carbocycles. The molecular weight excluding hydrogens is 388 g/mol. The van der Waals surface area contributed by atoms with Crippen LogP contribution in [0.2, 0.25) is 5.02 Å². The van der Waals surface area contributed by atoms with Crippen molar-refractivity contribution in [1.82, 2.24) is 10.3 Å². The van der Waals surface area contributed by atoms with E-state index in [0.29, 0.717) is 28.5 Å². The number of rotatable bonds is 3. The Morgan fingerprint density at radius 2 is 1.79 bits per heavy atom. The summed E-state index contributed by atoms with van der Waals surface area (Å²) >= 11 is 6.02. The number of hydrogen-bond donors (Lipinski definition) is 2. The molecule has 29 heavy (non-hydrogen) atoms. The molecular formula is C22H19ClN4O2. The highest BCUT2D eigenvalue weighted by Gasteiger charge is 2.31. The van der Waals surface area contributed by atoms with Crippen molar-refractivity contribution < 1.29 is 9.59 Å². The molecule has 0 radical (unpaired) electrons. The number of nitrogen functional groups attached to an aromatic ring is 1. The molecule has 6 nitrogen and oxygen atoms in total. The van der Waals surface area contributed by atoms with Gasteiger partial charge in [0.2, 0.25) is 5.91 Å². The predicted molar refractivity (Wildman–Crippen MR) is 114 cm³/mol. The number of carbonyl (C=O) groups excluding carboxylic acids is 2. The first-order valence-corrected chi connectivity index (χ1v) is 9.49. The van der Waals surface area contributed by atoms with Gasteiger partial charge in [0.05, 0.1) is 11.3 Å². The molecule has 3 N–H and O–H groups in total. The predicted octanol–water partition coefficient (Wildman–Crippen LogP) is 3.30. The maximum atomic E-state index is 12.9. The van der Waals surface area contributed by atoms with E-state index in [1.807, 2.05) is 30.3 Å². The fourth-order valence-electron chi connectivity index (χ4n) is 3.42. The monoisotopic (exact) mass is 406 g/mol. The van der Waals surface area contributed by atoms with Gasteiger partial charge in [0.25, 0.3) is 5.91 Å². The van der Waals surface area contributed by atoms with E-state index in [-0.39, 0.29) is 11.8 Å². The lowest BCUT2D eigenvalue weighted by atomic mass is 10.0. The van der Waals surface area contributed by atoms with Crippen LogP contribution in [0.3, 0.4) is 0 Å². The first-order chi connectivity index (χ1) is 13.9. The molecule has 1 atom stereocenters. The number of likely N-dealkylation sites (N-methyl/N-ethyl adjacent to an activating group) is 1. The Morgan fingerprint density at radius 1 is 1.07 bits per heavy atom. The van der Waals surface area contributed by atoms with Crippen molar-refractivity contribution in [2.24, 2.45) is 0 Å². The first kappa shape index (κ1) is 19.0. The Bertz CT molecular complexity index is 1080. The zero-order chi connectivity index (χ0) is 20.5. The van der Waals surface area contributed by atoms with Crippen molar-refractivity contribution in [2.75, 3.05) is 17.7 Å². The molecule has 1 aromatic heterocycles. The van der Waals surface area contributed by atoms with Gasteiger partial charge in [-0.1, -0.05) is 35.9 Å². The lowest BCUT2D eigenvalue weighted by Crippen LogP contribution is -2.45. The SMILES string of the molecule is CN1C(=O)C(Cc2ccc(-c3ccc(N)nc3)cc2)NC(=O)c2cc(Cl)ccc21. The van der Waals surface area contributed by atoms with Gasteiger partial charge in [-0.15, -0.1) is 0 Å². The molecule has 2 heterocycles. The van der Waals surface area contributed by atoms with Crippen LogP contribution in [0.4, 0.5) is 11.5 Å². The third-order valence-corrected chi connectivity index (χ3v) is 5.25. The van der Waals surface area contributed by atoms with Crippen molar-refractivity contribution in [2.45, 2.75) is 12.5 Å². The van der Waals surface area contributed by atoms with Crippen LogP contribution in [-0.4, -0.2) is 29.9 Å². The molecule has 0 spiro atoms. The summed E-state index contributed by atoms with van der Waals surface area (Å²) in [6.45, 7) is 0. The average Bonchev–Trinajstić information content (AvgIpc) is 2.80. The fourth-order valence-corrected chi connectivity index (χ4v) is 3.59. The van der Waals surface area contributed by atoms with Crippen LogP contribution in [-0.2, 0) is 11.2 Å². The summed E-state index contributed by atoms with van der Waals surface area (Å²) in [5, 5.41) is 3.28. The summed E-state index contributed by atoms with van der Waals surface area (Å²) in [5.74, 6) is -0.0135. The summed E-state index contributed by atoms with van der Waals surface area (Å²) in [4.78, 5) is 31.2. The highest BCUT2D eigenvalue weighted by atomic mass is 35.5. The molecule has 0 saturated heterocycles. The molecule has 7 heteroatoms. The van der Waals surface area contributed by atoms with Crippen LogP contribution in [0.5, 0.6) is 0 Å². The second kappa shape index (κ2) is 7.56. The molecule has 3 aromatic rings. The van der Waals surface area contributed by atoms with Crippen molar-refractivity contribution in [3.8, 4) is 11.1 Å². The third-order valence-electron chi connectivity index (χ3n) is 5.01. The molecule has 0 aliphatic carbocycles. The minimum Gasteiger partial charge on any atom is -0.384 e. The van der Waals surface area contributed by atoms with Crippen LogP contribution in [0.1, 0.15) is 15.9 Å². The van der Waals surface area contributed by atoms with Gasteiger partial charge in [-0.3, -0.25) is 9.59 Å². The zero-order valence-corrected chi connectivity index (χ0v) is 16.5. The van der Waals surface area contributed by atoms with Crippen LogP contribution in [0, 0.1) is 0 Å². The number of benzene rings is 2. The normalized spacial score (nSPS) is 16.2. The Labute approximate surface area is 173 Å². The van der Waals surface area contributed by atoms with Gasteiger partial charge in [0, 0.05) is 30.3 Å². The third kappa shape index (κ3) is 3.79. The maximum Gasteiger partial charge on any atom is 0.254 e. The Balaban J connectivity index is 1.56. The van der Waals surface area contributed by atoms with E-state index in [1.54, 1.807) is 37.5 Å². The van der Waals surface area contributed by atoms with E-state index in [1.165, 1.54) is 4.90 Å². The lowest BCUT2D eigenvalue weighted by molar-refractivity contribution is -0.120. The summed E-state index contributed by atoms with van der Waals surface area (Å²) in [7, 11) is 1.67. The minimum absolute atomic E-state index is 0.175. The van der Waals surface area contributed by atoms with Gasteiger partial charge in [-0.2, -0.15) is 0 Å². The van der Waals surface area contributed by atoms with Gasteiger partial charge < -0.3 is 16.0 Å². The summed E-state index contributed by atoms with van der Waals surface area (Å²) in [6.07, 6.45) is 2.10. The Kier molecular flexibility index (Phi) is 4.94. The lowest BCUT2D eigenvalue weighted by Gasteiger charge is -2.21. The molecule has 4 rings (SSSR count). The summed E-state index contributed by atoms with van der Waals surface area (Å²) in [6, 6.07) is 15.7. The summed E-state index contributed by atoms with van der Waals surface area (Å²) < 4.78 is 0. The largest absolute Gasteiger partial charge is 0.384 e. The van der Waals surface area contributed by atoms with E-state index < -0.39 is 6.04 Å². The van der Waals surface area contributed by atoms with Gasteiger partial charge in [0.1, 0.15) is 11.9 Å². The zero-order valence-electron chi connectivity index (χ0n) is 15.7. The molecule has 0 saturated carbocycles. The van der Waals surface area contributed by atoms with Crippen molar-refractivity contribution in [3.05, 3.63) is 76.9 Å². The topological polar surface area (TPSA) is 88.3 Å². The number of anilines is 2. The van der Waals surface area contributed by atoms with Crippen molar-refractivity contribution in [1.29, 1.82) is 0 Å². The molecule has 1 aliphatic rings. The second-order valence-corrected chi connectivity index (χ2v) is 7.39. The van der Waals surface area contributed by atoms with E-state index >= 15 is 0 Å². The number of hydrogen-bond acceptors (Lipinski definition) is 4. The molecule has 0 fully saturated rings. The van der Waals surface area contributed by atoms with Gasteiger partial charge >= 0.3 is 0 Å². The maximum absolute atomic E-state index is 12.9. The van der Waals surface area contributed by atoms with Gasteiger partial charge in [0.15, 0.2) is 0 Å². The van der Waals surface area contributed by atoms with Crippen molar-refractivity contribution in [3.63, 3.8) is 0 Å². The number of nitrogens with zero attached hydrogens (tertiary/aromatic N) is 2. The van der Waals surface area contributed by atoms with Crippen LogP contribution >= 0.6 is 11.6 Å². The number of halogens is 1. The van der Waals surface area contributed by atoms with E-state index in [9.17, 15) is 9.59 Å². The van der Waals surface area contributed by atoms with Crippen LogP contribution in [0.15, 0.2) is 60.8 Å². The number of nitrogens with one attached hydrogen (secondary N) is 1. The Morgan fingerprint density at radius 3 is 2.48 bits per heavy atom. The van der Waals surface area contributed by atoms with Gasteiger partial charge in [-0.25, -0.2) is 4.98 Å². The highest BCUT2D eigenvalue weighted by Crippen LogP contribution is 2.27. The average molecular weight is 407 g/mol. The number of carbonyl (C=O) groups is 2. The number of pyridine rings is 1.